The van der Waals surface area contributed by atoms with Crippen molar-refractivity contribution in [1.29, 1.82) is 0 Å². The second-order valence-electron chi connectivity index (χ2n) is 3.81. The fraction of sp³-hybridized carbons (Fsp3) is 0.500. The molecule has 0 aliphatic rings. The van der Waals surface area contributed by atoms with Gasteiger partial charge in [-0.1, -0.05) is 47.6 Å². The molecule has 0 radical (unpaired) electrons. The number of rotatable bonds is 7. The van der Waals surface area contributed by atoms with E-state index in [9.17, 15) is 0 Å². The average molecular weight is 297 g/mol. The summed E-state index contributed by atoms with van der Waals surface area (Å²) in [6.07, 6.45) is 4.05. The second kappa shape index (κ2) is 8.04. The first-order valence-corrected chi connectivity index (χ1v) is 6.78. The third kappa shape index (κ3) is 5.35. The standard InChI is InChI=1S/C12H16Cl3NO/c13-9-7-11(15)12(8-10(9)14)16-5-3-1-2-4-6-17/h7-8,16-17H,1-6H2. The minimum atomic E-state index is 0.270. The first-order valence-electron chi connectivity index (χ1n) is 5.64. The van der Waals surface area contributed by atoms with E-state index in [1.165, 1.54) is 0 Å². The molecular weight excluding hydrogens is 280 g/mol. The summed E-state index contributed by atoms with van der Waals surface area (Å²) in [5.41, 5.74) is 0.809. The van der Waals surface area contributed by atoms with Gasteiger partial charge >= 0.3 is 0 Å². The number of hydrogen-bond donors (Lipinski definition) is 2. The van der Waals surface area contributed by atoms with Gasteiger partial charge in [0.15, 0.2) is 0 Å². The maximum absolute atomic E-state index is 8.63. The molecule has 1 rings (SSSR count). The van der Waals surface area contributed by atoms with Gasteiger partial charge in [-0.15, -0.1) is 0 Å². The number of benzene rings is 1. The fourth-order valence-electron chi connectivity index (χ4n) is 1.47. The first kappa shape index (κ1) is 14.9. The molecule has 0 saturated heterocycles. The Morgan fingerprint density at radius 2 is 1.53 bits per heavy atom. The van der Waals surface area contributed by atoms with Gasteiger partial charge in [-0.05, 0) is 25.0 Å². The normalized spacial score (nSPS) is 10.6. The molecule has 0 unspecified atom stereocenters. The average Bonchev–Trinajstić information content (AvgIpc) is 2.30. The summed E-state index contributed by atoms with van der Waals surface area (Å²) in [5.74, 6) is 0. The highest BCUT2D eigenvalue weighted by molar-refractivity contribution is 6.44. The Hall–Kier alpha value is -0.150. The third-order valence-electron chi connectivity index (χ3n) is 2.41. The molecule has 0 bridgehead atoms. The van der Waals surface area contributed by atoms with Crippen molar-refractivity contribution in [2.45, 2.75) is 25.7 Å². The zero-order valence-corrected chi connectivity index (χ0v) is 11.7. The van der Waals surface area contributed by atoms with Crippen LogP contribution in [0.15, 0.2) is 12.1 Å². The number of aliphatic hydroxyl groups is 1. The van der Waals surface area contributed by atoms with E-state index in [-0.39, 0.29) is 6.61 Å². The van der Waals surface area contributed by atoms with Gasteiger partial charge < -0.3 is 10.4 Å². The molecule has 0 atom stereocenters. The quantitative estimate of drug-likeness (QED) is 0.569. The molecule has 0 saturated carbocycles. The first-order chi connectivity index (χ1) is 8.15. The van der Waals surface area contributed by atoms with Gasteiger partial charge in [0.05, 0.1) is 20.8 Å². The summed E-state index contributed by atoms with van der Waals surface area (Å²) in [5, 5.41) is 13.4. The molecule has 2 nitrogen and oxygen atoms in total. The number of nitrogens with one attached hydrogen (secondary N) is 1. The monoisotopic (exact) mass is 295 g/mol. The third-order valence-corrected chi connectivity index (χ3v) is 3.45. The van der Waals surface area contributed by atoms with Crippen LogP contribution in [0.25, 0.3) is 0 Å². The van der Waals surface area contributed by atoms with E-state index in [2.05, 4.69) is 5.32 Å². The van der Waals surface area contributed by atoms with E-state index in [0.29, 0.717) is 15.1 Å². The molecule has 2 N–H and O–H groups in total. The summed E-state index contributed by atoms with van der Waals surface area (Å²) in [6.45, 7) is 1.11. The van der Waals surface area contributed by atoms with E-state index in [4.69, 9.17) is 39.9 Å². The maximum Gasteiger partial charge on any atom is 0.0653 e. The highest BCUT2D eigenvalue weighted by Crippen LogP contribution is 2.32. The van der Waals surface area contributed by atoms with Crippen LogP contribution in [0.1, 0.15) is 25.7 Å². The van der Waals surface area contributed by atoms with E-state index < -0.39 is 0 Å². The van der Waals surface area contributed by atoms with Gasteiger partial charge in [0.25, 0.3) is 0 Å². The fourth-order valence-corrected chi connectivity index (χ4v) is 2.09. The van der Waals surface area contributed by atoms with Crippen molar-refractivity contribution in [3.8, 4) is 0 Å². The number of halogens is 3. The van der Waals surface area contributed by atoms with E-state index in [0.717, 1.165) is 37.9 Å². The molecule has 1 aromatic carbocycles. The van der Waals surface area contributed by atoms with Crippen LogP contribution in [0.4, 0.5) is 5.69 Å². The van der Waals surface area contributed by atoms with E-state index in [1.54, 1.807) is 12.1 Å². The number of unbranched alkanes of at least 4 members (excludes halogenated alkanes) is 3. The predicted molar refractivity (Wildman–Crippen MR) is 75.5 cm³/mol. The zero-order chi connectivity index (χ0) is 12.7. The van der Waals surface area contributed by atoms with Crippen molar-refractivity contribution < 1.29 is 5.11 Å². The molecule has 0 aliphatic carbocycles. The van der Waals surface area contributed by atoms with Crippen LogP contribution in [0.5, 0.6) is 0 Å². The van der Waals surface area contributed by atoms with Crippen LogP contribution in [0.3, 0.4) is 0 Å². The summed E-state index contributed by atoms with van der Waals surface area (Å²) in [4.78, 5) is 0. The van der Waals surface area contributed by atoms with Crippen molar-refractivity contribution in [1.82, 2.24) is 0 Å². The maximum atomic E-state index is 8.63. The summed E-state index contributed by atoms with van der Waals surface area (Å²) in [6, 6.07) is 3.37. The van der Waals surface area contributed by atoms with Crippen LogP contribution in [-0.4, -0.2) is 18.3 Å². The smallest absolute Gasteiger partial charge is 0.0653 e. The van der Waals surface area contributed by atoms with Gasteiger partial charge in [-0.25, -0.2) is 0 Å². The minimum absolute atomic E-state index is 0.270. The molecule has 17 heavy (non-hydrogen) atoms. The molecule has 5 heteroatoms. The Labute approximate surface area is 117 Å². The lowest BCUT2D eigenvalue weighted by Gasteiger charge is -2.09. The number of aliphatic hydroxyl groups excluding tert-OH is 1. The van der Waals surface area contributed by atoms with Crippen LogP contribution in [0, 0.1) is 0 Å². The second-order valence-corrected chi connectivity index (χ2v) is 5.03. The zero-order valence-electron chi connectivity index (χ0n) is 9.48. The van der Waals surface area contributed by atoms with Crippen molar-refractivity contribution >= 4 is 40.5 Å². The molecule has 0 amide bonds. The van der Waals surface area contributed by atoms with Crippen LogP contribution in [0.2, 0.25) is 15.1 Å². The topological polar surface area (TPSA) is 32.3 Å². The lowest BCUT2D eigenvalue weighted by Crippen LogP contribution is -2.02. The summed E-state index contributed by atoms with van der Waals surface area (Å²) < 4.78 is 0. The lowest BCUT2D eigenvalue weighted by atomic mass is 10.2. The van der Waals surface area contributed by atoms with Crippen molar-refractivity contribution in [3.63, 3.8) is 0 Å². The molecular formula is C12H16Cl3NO. The van der Waals surface area contributed by atoms with Crippen LogP contribution in [-0.2, 0) is 0 Å². The Bertz CT molecular complexity index is 358. The van der Waals surface area contributed by atoms with Crippen molar-refractivity contribution in [2.75, 3.05) is 18.5 Å². The van der Waals surface area contributed by atoms with Gasteiger partial charge in [-0.2, -0.15) is 0 Å². The largest absolute Gasteiger partial charge is 0.396 e. The molecule has 0 aliphatic heterocycles. The minimum Gasteiger partial charge on any atom is -0.396 e. The molecule has 1 aromatic rings. The van der Waals surface area contributed by atoms with E-state index in [1.807, 2.05) is 0 Å². The highest BCUT2D eigenvalue weighted by Gasteiger charge is 2.05. The summed E-state index contributed by atoms with van der Waals surface area (Å²) >= 11 is 17.8. The molecule has 0 heterocycles. The SMILES string of the molecule is OCCCCCCNc1cc(Cl)c(Cl)cc1Cl. The van der Waals surface area contributed by atoms with Gasteiger partial charge in [-0.3, -0.25) is 0 Å². The Balaban J connectivity index is 2.34. The van der Waals surface area contributed by atoms with Crippen LogP contribution < -0.4 is 5.32 Å². The lowest BCUT2D eigenvalue weighted by molar-refractivity contribution is 0.283. The highest BCUT2D eigenvalue weighted by atomic mass is 35.5. The Kier molecular flexibility index (Phi) is 7.05. The van der Waals surface area contributed by atoms with Gasteiger partial charge in [0, 0.05) is 13.2 Å². The predicted octanol–water partition coefficient (Wildman–Crippen LogP) is 4.61. The molecule has 0 spiro atoms. The molecule has 0 aromatic heterocycles. The molecule has 96 valence electrons. The Morgan fingerprint density at radius 3 is 2.24 bits per heavy atom. The van der Waals surface area contributed by atoms with Gasteiger partial charge in [0.2, 0.25) is 0 Å². The van der Waals surface area contributed by atoms with Crippen molar-refractivity contribution in [2.24, 2.45) is 0 Å². The van der Waals surface area contributed by atoms with E-state index >= 15 is 0 Å². The number of hydrogen-bond acceptors (Lipinski definition) is 2. The van der Waals surface area contributed by atoms with Crippen LogP contribution >= 0.6 is 34.8 Å². The Morgan fingerprint density at radius 1 is 0.882 bits per heavy atom. The number of anilines is 1. The van der Waals surface area contributed by atoms with Gasteiger partial charge in [0.1, 0.15) is 0 Å². The van der Waals surface area contributed by atoms with Crippen molar-refractivity contribution in [3.05, 3.63) is 27.2 Å². The summed E-state index contributed by atoms with van der Waals surface area (Å²) in [7, 11) is 0. The molecule has 0 fully saturated rings.